The van der Waals surface area contributed by atoms with E-state index in [1.54, 1.807) is 6.92 Å². The molecule has 118 valence electrons. The van der Waals surface area contributed by atoms with E-state index < -0.39 is 10.9 Å². The van der Waals surface area contributed by atoms with Gasteiger partial charge in [0.05, 0.1) is 6.04 Å². The Balaban J connectivity index is 1.95. The van der Waals surface area contributed by atoms with Crippen LogP contribution in [0.3, 0.4) is 0 Å². The second-order valence-electron chi connectivity index (χ2n) is 5.61. The van der Waals surface area contributed by atoms with Crippen molar-refractivity contribution in [1.29, 1.82) is 0 Å². The summed E-state index contributed by atoms with van der Waals surface area (Å²) in [5, 5.41) is 3.33. The molecule has 0 aromatic heterocycles. The Hall–Kier alpha value is -2.24. The van der Waals surface area contributed by atoms with E-state index in [-0.39, 0.29) is 5.78 Å². The second kappa shape index (κ2) is 6.10. The molecule has 2 atom stereocenters. The largest absolute Gasteiger partial charge is 0.399 e. The van der Waals surface area contributed by atoms with Gasteiger partial charge in [0.1, 0.15) is 0 Å². The van der Waals surface area contributed by atoms with Crippen molar-refractivity contribution in [3.63, 3.8) is 0 Å². The van der Waals surface area contributed by atoms with Gasteiger partial charge in [-0.1, -0.05) is 42.1 Å². The minimum absolute atomic E-state index is 0.0506. The van der Waals surface area contributed by atoms with Crippen molar-refractivity contribution in [2.45, 2.75) is 22.7 Å². The molecule has 2 unspecified atom stereocenters. The Morgan fingerprint density at radius 3 is 2.57 bits per heavy atom. The first-order valence-corrected chi connectivity index (χ1v) is 8.23. The molecule has 2 aromatic carbocycles. The van der Waals surface area contributed by atoms with Gasteiger partial charge >= 0.3 is 0 Å². The van der Waals surface area contributed by atoms with Crippen LogP contribution in [-0.4, -0.2) is 16.7 Å². The number of hydrogen-bond acceptors (Lipinski definition) is 5. The summed E-state index contributed by atoms with van der Waals surface area (Å²) in [7, 11) is 0. The Kier molecular flexibility index (Phi) is 4.15. The van der Waals surface area contributed by atoms with Gasteiger partial charge < -0.3 is 16.8 Å². The average Bonchev–Trinajstić information content (AvgIpc) is 2.93. The van der Waals surface area contributed by atoms with Crippen LogP contribution in [0, 0.1) is 0 Å². The number of thioether (sulfide) groups is 1. The van der Waals surface area contributed by atoms with E-state index in [1.807, 2.05) is 60.7 Å². The lowest BCUT2D eigenvalue weighted by Gasteiger charge is -2.26. The third-order valence-corrected chi connectivity index (χ3v) is 5.04. The molecular formula is C18H19N3OS. The molecule has 23 heavy (non-hydrogen) atoms. The number of para-hydroxylation sites is 1. The Bertz CT molecular complexity index is 728. The van der Waals surface area contributed by atoms with Crippen LogP contribution in [0.15, 0.2) is 59.5 Å². The number of rotatable bonds is 4. The number of benzene rings is 2. The smallest absolute Gasteiger partial charge is 0.189 e. The van der Waals surface area contributed by atoms with Gasteiger partial charge in [0, 0.05) is 16.3 Å². The van der Waals surface area contributed by atoms with Crippen LogP contribution in [0.4, 0.5) is 11.4 Å². The lowest BCUT2D eigenvalue weighted by molar-refractivity contribution is -0.120. The van der Waals surface area contributed by atoms with E-state index in [1.165, 1.54) is 11.8 Å². The van der Waals surface area contributed by atoms with Crippen LogP contribution < -0.4 is 16.8 Å². The lowest BCUT2D eigenvalue weighted by atomic mass is 10.0. The molecule has 0 amide bonds. The van der Waals surface area contributed by atoms with Crippen molar-refractivity contribution in [2.24, 2.45) is 5.73 Å². The van der Waals surface area contributed by atoms with Crippen LogP contribution in [0.1, 0.15) is 12.5 Å². The van der Waals surface area contributed by atoms with E-state index >= 15 is 0 Å². The zero-order valence-corrected chi connectivity index (χ0v) is 13.6. The molecule has 4 nitrogen and oxygen atoms in total. The highest BCUT2D eigenvalue weighted by atomic mass is 32.2. The van der Waals surface area contributed by atoms with Gasteiger partial charge in [-0.15, -0.1) is 0 Å². The molecule has 3 rings (SSSR count). The first-order valence-electron chi connectivity index (χ1n) is 7.41. The molecule has 0 spiro atoms. The molecule has 2 aromatic rings. The second-order valence-corrected chi connectivity index (χ2v) is 6.90. The summed E-state index contributed by atoms with van der Waals surface area (Å²) in [6.07, 6.45) is 3.81. The zero-order valence-electron chi connectivity index (χ0n) is 12.8. The highest BCUT2D eigenvalue weighted by Gasteiger charge is 2.43. The van der Waals surface area contributed by atoms with Gasteiger partial charge in [0.2, 0.25) is 0 Å². The van der Waals surface area contributed by atoms with Crippen LogP contribution >= 0.6 is 11.8 Å². The molecule has 0 saturated heterocycles. The van der Waals surface area contributed by atoms with E-state index in [2.05, 4.69) is 5.32 Å². The van der Waals surface area contributed by atoms with Crippen molar-refractivity contribution in [3.05, 3.63) is 60.2 Å². The number of nitrogen functional groups attached to an aromatic ring is 1. The van der Waals surface area contributed by atoms with Crippen LogP contribution in [-0.2, 0) is 4.79 Å². The Morgan fingerprint density at radius 2 is 1.91 bits per heavy atom. The molecule has 0 aliphatic carbocycles. The third kappa shape index (κ3) is 3.11. The number of nitrogens with two attached hydrogens (primary N) is 2. The van der Waals surface area contributed by atoms with Gasteiger partial charge in [0.25, 0.3) is 0 Å². The molecule has 0 fully saturated rings. The maximum Gasteiger partial charge on any atom is 0.189 e. The summed E-state index contributed by atoms with van der Waals surface area (Å²) in [4.78, 5) is 12.9. The van der Waals surface area contributed by atoms with Crippen molar-refractivity contribution in [1.82, 2.24) is 0 Å². The molecule has 1 aliphatic rings. The van der Waals surface area contributed by atoms with E-state index in [0.717, 1.165) is 16.1 Å². The molecular weight excluding hydrogens is 306 g/mol. The fraction of sp³-hybridized carbons (Fsp3) is 0.167. The maximum absolute atomic E-state index is 12.7. The zero-order chi connectivity index (χ0) is 16.4. The monoisotopic (exact) mass is 325 g/mol. The molecule has 5 N–H and O–H groups in total. The third-order valence-electron chi connectivity index (χ3n) is 3.70. The molecule has 1 aliphatic heterocycles. The standard InChI is InChI=1S/C18H19N3OS/c1-12(19)17(22)18(11-10-13-6-8-14(20)9-7-13)21-15-4-2-3-5-16(15)23-18/h2-12,21H,19-20H2,1H3/b11-10+. The number of fused-ring (bicyclic) bond motifs is 1. The van der Waals surface area contributed by atoms with Gasteiger partial charge in [-0.05, 0) is 42.8 Å². The molecule has 5 heteroatoms. The summed E-state index contributed by atoms with van der Waals surface area (Å²) in [5.74, 6) is -0.0506. The summed E-state index contributed by atoms with van der Waals surface area (Å²) in [6.45, 7) is 1.71. The number of carbonyl (C=O) groups is 1. The summed E-state index contributed by atoms with van der Waals surface area (Å²) < 4.78 is 0. The molecule has 0 bridgehead atoms. The first kappa shape index (κ1) is 15.6. The molecule has 0 saturated carbocycles. The SMILES string of the molecule is CC(N)C(=O)C1(/C=C/c2ccc(N)cc2)Nc2ccccc2S1. The first-order chi connectivity index (χ1) is 11.0. The normalized spacial score (nSPS) is 21.0. The molecule has 1 heterocycles. The van der Waals surface area contributed by atoms with Gasteiger partial charge in [0.15, 0.2) is 10.7 Å². The number of Topliss-reactive ketones (excluding diaryl/α,β-unsaturated/α-hetero) is 1. The minimum atomic E-state index is -0.876. The van der Waals surface area contributed by atoms with E-state index in [4.69, 9.17) is 11.5 Å². The summed E-state index contributed by atoms with van der Waals surface area (Å²) >= 11 is 1.49. The predicted octanol–water partition coefficient (Wildman–Crippen LogP) is 3.11. The minimum Gasteiger partial charge on any atom is -0.399 e. The van der Waals surface area contributed by atoms with Gasteiger partial charge in [-0.25, -0.2) is 0 Å². The van der Waals surface area contributed by atoms with Crippen molar-refractivity contribution >= 4 is 35.0 Å². The Morgan fingerprint density at radius 1 is 1.22 bits per heavy atom. The lowest BCUT2D eigenvalue weighted by Crippen LogP contribution is -2.47. The van der Waals surface area contributed by atoms with Crippen LogP contribution in [0.25, 0.3) is 6.08 Å². The topological polar surface area (TPSA) is 81.1 Å². The number of ketones is 1. The number of nitrogens with one attached hydrogen (secondary N) is 1. The van der Waals surface area contributed by atoms with Gasteiger partial charge in [-0.2, -0.15) is 0 Å². The van der Waals surface area contributed by atoms with Gasteiger partial charge in [-0.3, -0.25) is 4.79 Å². The number of hydrogen-bond donors (Lipinski definition) is 3. The number of carbonyl (C=O) groups excluding carboxylic acids is 1. The summed E-state index contributed by atoms with van der Waals surface area (Å²) in [5.41, 5.74) is 14.2. The fourth-order valence-electron chi connectivity index (χ4n) is 2.49. The van der Waals surface area contributed by atoms with Crippen LogP contribution in [0.5, 0.6) is 0 Å². The van der Waals surface area contributed by atoms with Crippen molar-refractivity contribution in [2.75, 3.05) is 11.1 Å². The van der Waals surface area contributed by atoms with Crippen molar-refractivity contribution in [3.8, 4) is 0 Å². The van der Waals surface area contributed by atoms with E-state index in [9.17, 15) is 4.79 Å². The maximum atomic E-state index is 12.7. The quantitative estimate of drug-likeness (QED) is 0.753. The highest BCUT2D eigenvalue weighted by Crippen LogP contribution is 2.47. The highest BCUT2D eigenvalue weighted by molar-refractivity contribution is 8.02. The van der Waals surface area contributed by atoms with Crippen molar-refractivity contribution < 1.29 is 4.79 Å². The number of anilines is 2. The summed E-state index contributed by atoms with van der Waals surface area (Å²) in [6, 6.07) is 14.8. The Labute approximate surface area is 139 Å². The van der Waals surface area contributed by atoms with E-state index in [0.29, 0.717) is 5.69 Å². The predicted molar refractivity (Wildman–Crippen MR) is 97.2 cm³/mol. The molecule has 0 radical (unpaired) electrons. The van der Waals surface area contributed by atoms with Crippen LogP contribution in [0.2, 0.25) is 0 Å². The fourth-order valence-corrected chi connectivity index (χ4v) is 3.79. The average molecular weight is 325 g/mol.